The van der Waals surface area contributed by atoms with Crippen LogP contribution < -0.4 is 4.74 Å². The average molecular weight is 375 g/mol. The van der Waals surface area contributed by atoms with Gasteiger partial charge in [0.2, 0.25) is 0 Å². The number of aromatic amines is 1. The molecule has 2 aliphatic rings. The van der Waals surface area contributed by atoms with E-state index in [1.54, 1.807) is 7.11 Å². The van der Waals surface area contributed by atoms with Gasteiger partial charge in [0.1, 0.15) is 11.9 Å². The molecule has 2 bridgehead atoms. The third-order valence-electron chi connectivity index (χ3n) is 6.87. The minimum Gasteiger partial charge on any atom is -0.497 e. The smallest absolute Gasteiger partial charge is 0.316 e. The van der Waals surface area contributed by atoms with E-state index in [1.165, 1.54) is 24.6 Å². The highest BCUT2D eigenvalue weighted by molar-refractivity contribution is 7.99. The number of methoxy groups -OCH3 is 1. The Bertz CT molecular complexity index is 844. The number of nitrogens with one attached hydrogen (secondary N) is 1. The lowest BCUT2D eigenvalue weighted by Gasteiger charge is -2.33. The van der Waals surface area contributed by atoms with Crippen LogP contribution in [-0.2, 0) is 9.53 Å². The highest BCUT2D eigenvalue weighted by Crippen LogP contribution is 2.66. The van der Waals surface area contributed by atoms with Crippen molar-refractivity contribution in [2.75, 3.05) is 12.9 Å². The molecular formula is C20H26N2O3S. The topological polar surface area (TPSA) is 64.2 Å². The first-order valence-electron chi connectivity index (χ1n) is 9.18. The zero-order valence-electron chi connectivity index (χ0n) is 15.8. The third kappa shape index (κ3) is 2.79. The van der Waals surface area contributed by atoms with Crippen molar-refractivity contribution in [1.82, 2.24) is 9.97 Å². The Hall–Kier alpha value is -1.69. The van der Waals surface area contributed by atoms with Crippen molar-refractivity contribution in [2.45, 2.75) is 51.3 Å². The molecule has 1 N–H and O–H groups in total. The van der Waals surface area contributed by atoms with Gasteiger partial charge in [0.25, 0.3) is 0 Å². The Morgan fingerprint density at radius 2 is 2.19 bits per heavy atom. The monoisotopic (exact) mass is 374 g/mol. The second kappa shape index (κ2) is 6.19. The fraction of sp³-hybridized carbons (Fsp3) is 0.600. The van der Waals surface area contributed by atoms with Gasteiger partial charge in [-0.25, -0.2) is 4.98 Å². The van der Waals surface area contributed by atoms with E-state index in [0.29, 0.717) is 11.3 Å². The molecule has 1 heterocycles. The third-order valence-corrected chi connectivity index (χ3v) is 7.71. The summed E-state index contributed by atoms with van der Waals surface area (Å²) in [5.41, 5.74) is 2.32. The molecular weight excluding hydrogens is 348 g/mol. The standard InChI is InChI=1S/C20H26N2O3S/c1-19(2)13-7-8-20(19,3)10-16(13)25-17(23)11-26-18-21-14-6-5-12(24-4)9-15(14)22-18/h5-6,9,13,16H,7-8,10-11H2,1-4H3,(H,21,22). The van der Waals surface area contributed by atoms with E-state index in [4.69, 9.17) is 9.47 Å². The number of carbonyl (C=O) groups is 1. The van der Waals surface area contributed by atoms with E-state index < -0.39 is 0 Å². The molecule has 0 radical (unpaired) electrons. The Labute approximate surface area is 158 Å². The van der Waals surface area contributed by atoms with Gasteiger partial charge in [-0.15, -0.1) is 0 Å². The van der Waals surface area contributed by atoms with E-state index >= 15 is 0 Å². The fourth-order valence-electron chi connectivity index (χ4n) is 4.82. The zero-order chi connectivity index (χ0) is 18.5. The number of H-pyrrole nitrogens is 1. The molecule has 2 saturated carbocycles. The number of rotatable bonds is 5. The predicted molar refractivity (Wildman–Crippen MR) is 102 cm³/mol. The number of imidazole rings is 1. The van der Waals surface area contributed by atoms with Crippen LogP contribution in [-0.4, -0.2) is 34.9 Å². The number of nitrogens with zero attached hydrogens (tertiary/aromatic N) is 1. The van der Waals surface area contributed by atoms with Gasteiger partial charge in [-0.1, -0.05) is 32.5 Å². The summed E-state index contributed by atoms with van der Waals surface area (Å²) in [4.78, 5) is 20.1. The van der Waals surface area contributed by atoms with E-state index in [-0.39, 0.29) is 23.2 Å². The number of hydrogen-bond acceptors (Lipinski definition) is 5. The average Bonchev–Trinajstić information content (AvgIpc) is 3.16. The van der Waals surface area contributed by atoms with Gasteiger partial charge in [-0.3, -0.25) is 4.79 Å². The Morgan fingerprint density at radius 1 is 1.38 bits per heavy atom. The van der Waals surface area contributed by atoms with Gasteiger partial charge in [0.15, 0.2) is 5.16 Å². The van der Waals surface area contributed by atoms with E-state index in [2.05, 4.69) is 30.7 Å². The molecule has 6 heteroatoms. The molecule has 3 unspecified atom stereocenters. The maximum absolute atomic E-state index is 12.4. The molecule has 2 aromatic rings. The molecule has 140 valence electrons. The van der Waals surface area contributed by atoms with Gasteiger partial charge < -0.3 is 14.5 Å². The van der Waals surface area contributed by atoms with Crippen molar-refractivity contribution < 1.29 is 14.3 Å². The molecule has 2 fully saturated rings. The highest BCUT2D eigenvalue weighted by Gasteiger charge is 2.61. The van der Waals surface area contributed by atoms with Crippen LogP contribution in [0.4, 0.5) is 0 Å². The molecule has 5 nitrogen and oxygen atoms in total. The number of aromatic nitrogens is 2. The molecule has 1 aromatic carbocycles. The molecule has 0 aliphatic heterocycles. The normalized spacial score (nSPS) is 29.2. The highest BCUT2D eigenvalue weighted by atomic mass is 32.2. The van der Waals surface area contributed by atoms with Gasteiger partial charge in [0.05, 0.1) is 23.9 Å². The zero-order valence-corrected chi connectivity index (χ0v) is 16.6. The Balaban J connectivity index is 1.36. The van der Waals surface area contributed by atoms with Gasteiger partial charge in [0, 0.05) is 12.0 Å². The summed E-state index contributed by atoms with van der Waals surface area (Å²) in [6.45, 7) is 7.00. The first-order valence-corrected chi connectivity index (χ1v) is 10.2. The summed E-state index contributed by atoms with van der Waals surface area (Å²) in [6.07, 6.45) is 3.47. The lowest BCUT2D eigenvalue weighted by Crippen LogP contribution is -2.28. The summed E-state index contributed by atoms with van der Waals surface area (Å²) < 4.78 is 11.1. The van der Waals surface area contributed by atoms with Crippen molar-refractivity contribution in [2.24, 2.45) is 16.7 Å². The summed E-state index contributed by atoms with van der Waals surface area (Å²) in [5, 5.41) is 0.727. The summed E-state index contributed by atoms with van der Waals surface area (Å²) in [5.74, 6) is 1.40. The number of esters is 1. The lowest BCUT2D eigenvalue weighted by atomic mass is 9.71. The van der Waals surface area contributed by atoms with Crippen molar-refractivity contribution in [1.29, 1.82) is 0 Å². The molecule has 2 aliphatic carbocycles. The number of ether oxygens (including phenoxy) is 2. The second-order valence-electron chi connectivity index (χ2n) is 8.37. The van der Waals surface area contributed by atoms with Crippen molar-refractivity contribution in [3.05, 3.63) is 18.2 Å². The van der Waals surface area contributed by atoms with Crippen molar-refractivity contribution >= 4 is 28.8 Å². The number of fused-ring (bicyclic) bond motifs is 3. The van der Waals surface area contributed by atoms with E-state index in [9.17, 15) is 4.79 Å². The lowest BCUT2D eigenvalue weighted by molar-refractivity contribution is -0.148. The summed E-state index contributed by atoms with van der Waals surface area (Å²) in [7, 11) is 1.64. The van der Waals surface area contributed by atoms with E-state index in [0.717, 1.165) is 28.4 Å². The first kappa shape index (κ1) is 17.7. The maximum atomic E-state index is 12.4. The fourth-order valence-corrected chi connectivity index (χ4v) is 5.49. The van der Waals surface area contributed by atoms with Crippen LogP contribution in [0.25, 0.3) is 11.0 Å². The van der Waals surface area contributed by atoms with Crippen LogP contribution in [0, 0.1) is 16.7 Å². The number of carbonyl (C=O) groups excluding carboxylic acids is 1. The minimum atomic E-state index is -0.148. The molecule has 0 amide bonds. The summed E-state index contributed by atoms with van der Waals surface area (Å²) in [6, 6.07) is 5.69. The Morgan fingerprint density at radius 3 is 2.85 bits per heavy atom. The predicted octanol–water partition coefficient (Wildman–Crippen LogP) is 4.42. The largest absolute Gasteiger partial charge is 0.497 e. The van der Waals surface area contributed by atoms with Crippen LogP contribution in [0.2, 0.25) is 0 Å². The maximum Gasteiger partial charge on any atom is 0.316 e. The van der Waals surface area contributed by atoms with Crippen LogP contribution in [0.5, 0.6) is 5.75 Å². The number of thioether (sulfide) groups is 1. The van der Waals surface area contributed by atoms with Crippen LogP contribution in [0.15, 0.2) is 23.4 Å². The van der Waals surface area contributed by atoms with Crippen LogP contribution >= 0.6 is 11.8 Å². The molecule has 0 spiro atoms. The quantitative estimate of drug-likeness (QED) is 0.620. The Kier molecular flexibility index (Phi) is 4.21. The second-order valence-corrected chi connectivity index (χ2v) is 9.34. The SMILES string of the molecule is COc1ccc2nc(SCC(=O)OC3CC4(C)CCC3C4(C)C)[nH]c2c1. The molecule has 1 aromatic heterocycles. The van der Waals surface area contributed by atoms with E-state index in [1.807, 2.05) is 18.2 Å². The van der Waals surface area contributed by atoms with Crippen molar-refractivity contribution in [3.8, 4) is 5.75 Å². The molecule has 0 saturated heterocycles. The molecule has 26 heavy (non-hydrogen) atoms. The van der Waals surface area contributed by atoms with Gasteiger partial charge in [-0.05, 0) is 42.2 Å². The summed E-state index contributed by atoms with van der Waals surface area (Å²) >= 11 is 1.39. The molecule has 4 rings (SSSR count). The number of hydrogen-bond donors (Lipinski definition) is 1. The van der Waals surface area contributed by atoms with Gasteiger partial charge >= 0.3 is 5.97 Å². The molecule has 3 atom stereocenters. The van der Waals surface area contributed by atoms with Crippen molar-refractivity contribution in [3.63, 3.8) is 0 Å². The number of benzene rings is 1. The van der Waals surface area contributed by atoms with Gasteiger partial charge in [-0.2, -0.15) is 0 Å². The minimum absolute atomic E-state index is 0.0665. The van der Waals surface area contributed by atoms with Crippen LogP contribution in [0.1, 0.15) is 40.0 Å². The first-order chi connectivity index (χ1) is 12.3. The van der Waals surface area contributed by atoms with Crippen LogP contribution in [0.3, 0.4) is 0 Å².